The minimum absolute atomic E-state index is 0.0812. The van der Waals surface area contributed by atoms with E-state index in [0.29, 0.717) is 0 Å². The second kappa shape index (κ2) is 28.4. The summed E-state index contributed by atoms with van der Waals surface area (Å²) < 4.78 is 0. The number of rotatable bonds is 10. The molecule has 0 aliphatic heterocycles. The van der Waals surface area contributed by atoms with E-state index in [1.165, 1.54) is 167 Å². The Hall–Kier alpha value is -11.3. The minimum Gasteiger partial charge on any atom is -0.310 e. The zero-order valence-corrected chi connectivity index (χ0v) is 75.1. The summed E-state index contributed by atoms with van der Waals surface area (Å²) in [4.78, 5) is 4.84. The molecule has 0 amide bonds. The second-order valence-corrected chi connectivity index (χ2v) is 42.0. The molecule has 119 heavy (non-hydrogen) atoms. The largest absolute Gasteiger partial charge is 0.310 e. The van der Waals surface area contributed by atoms with Gasteiger partial charge in [0.1, 0.15) is 0 Å². The van der Waals surface area contributed by atoms with Crippen molar-refractivity contribution in [2.45, 2.75) is 215 Å². The van der Waals surface area contributed by atoms with Crippen molar-refractivity contribution in [3.63, 3.8) is 0 Å². The van der Waals surface area contributed by atoms with Crippen molar-refractivity contribution in [2.75, 3.05) is 9.80 Å². The summed E-state index contributed by atoms with van der Waals surface area (Å²) in [6.45, 7) is 56.4. The Morgan fingerprint density at radius 3 is 0.689 bits per heavy atom. The molecule has 0 fully saturated rings. The molecule has 18 rings (SSSR count). The Labute approximate surface area is 712 Å². The molecule has 2 nitrogen and oxygen atoms in total. The van der Waals surface area contributed by atoms with Crippen LogP contribution in [-0.4, -0.2) is 0 Å². The van der Waals surface area contributed by atoms with E-state index in [9.17, 15) is 0 Å². The van der Waals surface area contributed by atoms with Crippen molar-refractivity contribution in [1.82, 2.24) is 0 Å². The highest BCUT2D eigenvalue weighted by molar-refractivity contribution is 5.95. The third-order valence-electron chi connectivity index (χ3n) is 27.1. The van der Waals surface area contributed by atoms with Crippen molar-refractivity contribution < 1.29 is 0 Å². The number of aryl methyl sites for hydroxylation is 1. The molecule has 0 unspecified atom stereocenters. The fourth-order valence-electron chi connectivity index (χ4n) is 19.9. The fourth-order valence-corrected chi connectivity index (χ4v) is 19.9. The van der Waals surface area contributed by atoms with Gasteiger partial charge in [0.05, 0.1) is 0 Å². The summed E-state index contributed by atoms with van der Waals surface area (Å²) in [5.74, 6) is 0. The van der Waals surface area contributed by atoms with Gasteiger partial charge in [0.2, 0.25) is 0 Å². The molecule has 0 saturated heterocycles. The quantitative estimate of drug-likeness (QED) is 0.135. The Morgan fingerprint density at radius 1 is 0.185 bits per heavy atom. The van der Waals surface area contributed by atoms with E-state index < -0.39 is 0 Å². The highest BCUT2D eigenvalue weighted by Crippen LogP contribution is 2.58. The van der Waals surface area contributed by atoms with Gasteiger partial charge in [0.25, 0.3) is 0 Å². The lowest BCUT2D eigenvalue weighted by Crippen LogP contribution is -2.19. The molecular weight excluding hydrogens is 1430 g/mol. The molecule has 0 radical (unpaired) electrons. The zero-order chi connectivity index (χ0) is 84.4. The number of nitrogens with zero attached hydrogens (tertiary/aromatic N) is 2. The van der Waals surface area contributed by atoms with Gasteiger partial charge in [0, 0.05) is 55.8 Å². The van der Waals surface area contributed by atoms with Gasteiger partial charge in [0.15, 0.2) is 0 Å². The molecular formula is C117H120N2. The molecule has 0 aromatic heterocycles. The van der Waals surface area contributed by atoms with Crippen molar-refractivity contribution in [2.24, 2.45) is 0 Å². The van der Waals surface area contributed by atoms with Crippen LogP contribution >= 0.6 is 0 Å². The molecule has 14 aromatic carbocycles. The van der Waals surface area contributed by atoms with Gasteiger partial charge in [-0.1, -0.05) is 353 Å². The number of benzene rings is 14. The first-order valence-electron chi connectivity index (χ1n) is 43.4. The average Bonchev–Trinajstić information content (AvgIpc) is 1.69. The van der Waals surface area contributed by atoms with Crippen LogP contribution < -0.4 is 9.80 Å². The summed E-state index contributed by atoms with van der Waals surface area (Å²) in [5.41, 5.74) is 46.7. The molecule has 0 saturated carbocycles. The summed E-state index contributed by atoms with van der Waals surface area (Å²) in [5, 5.41) is 0. The van der Waals surface area contributed by atoms with E-state index in [2.05, 4.69) is 467 Å². The lowest BCUT2D eigenvalue weighted by atomic mass is 9.75. The standard InChI is InChI=1S/C60H63N.C57H57N/c1-56(2,3)40-26-30-47-45-28-24-38(32-51(45)59(10,11)53(47)34-40)49-36-44(61(42-20-16-14-17-21-42)43-22-18-15-19-23-43)37-50(55(49)58(7,8)9)39-25-29-46-48-31-27-41(57(4,5)6)35-54(48)60(12,13)52(46)33-39;1-36-17-23-44(24-18-36)58(43-15-13-12-14-16-43)45-30-39(37-19-25-46-48-27-21-41(54(2,3)4)34-52(48)56(8,9)50(46)32-37)29-40(31-45)38-20-26-47-49-28-22-42(55(5,6)7)35-53(49)57(10,11)51(47)33-38/h14-37H,1-13H3;12-35H,1-11H3. The highest BCUT2D eigenvalue weighted by atomic mass is 15.1. The molecule has 0 atom stereocenters. The van der Waals surface area contributed by atoms with Crippen molar-refractivity contribution in [3.8, 4) is 89.0 Å². The topological polar surface area (TPSA) is 6.48 Å². The van der Waals surface area contributed by atoms with Crippen LogP contribution in [0.2, 0.25) is 0 Å². The van der Waals surface area contributed by atoms with E-state index in [1.807, 2.05) is 0 Å². The average molecular weight is 1550 g/mol. The monoisotopic (exact) mass is 1550 g/mol. The van der Waals surface area contributed by atoms with Gasteiger partial charge in [-0.3, -0.25) is 0 Å². The predicted octanol–water partition coefficient (Wildman–Crippen LogP) is 33.0. The number of hydrogen-bond donors (Lipinski definition) is 0. The predicted molar refractivity (Wildman–Crippen MR) is 512 cm³/mol. The maximum Gasteiger partial charge on any atom is 0.0474 e. The van der Waals surface area contributed by atoms with Crippen LogP contribution in [0.15, 0.2) is 291 Å². The summed E-state index contributed by atoms with van der Waals surface area (Å²) in [6, 6.07) is 111. The van der Waals surface area contributed by atoms with Gasteiger partial charge >= 0.3 is 0 Å². The van der Waals surface area contributed by atoms with Gasteiger partial charge in [-0.2, -0.15) is 0 Å². The van der Waals surface area contributed by atoms with E-state index in [1.54, 1.807) is 0 Å². The normalized spacial score (nSPS) is 14.8. The van der Waals surface area contributed by atoms with E-state index >= 15 is 0 Å². The maximum absolute atomic E-state index is 2.52. The second-order valence-electron chi connectivity index (χ2n) is 42.0. The minimum atomic E-state index is -0.175. The molecule has 14 aromatic rings. The van der Waals surface area contributed by atoms with Crippen molar-refractivity contribution >= 4 is 34.1 Å². The highest BCUT2D eigenvalue weighted by Gasteiger charge is 2.42. The number of para-hydroxylation sites is 3. The smallest absolute Gasteiger partial charge is 0.0474 e. The summed E-state index contributed by atoms with van der Waals surface area (Å²) in [6.07, 6.45) is 0. The summed E-state index contributed by atoms with van der Waals surface area (Å²) >= 11 is 0. The Kier molecular flexibility index (Phi) is 19.1. The summed E-state index contributed by atoms with van der Waals surface area (Å²) in [7, 11) is 0. The van der Waals surface area contributed by atoms with Crippen LogP contribution in [0.1, 0.15) is 237 Å². The van der Waals surface area contributed by atoms with E-state index in [4.69, 9.17) is 0 Å². The Bertz CT molecular complexity index is 6010. The first-order chi connectivity index (χ1) is 56.1. The van der Waals surface area contributed by atoms with Crippen LogP contribution in [0.5, 0.6) is 0 Å². The van der Waals surface area contributed by atoms with Crippen molar-refractivity contribution in [3.05, 3.63) is 369 Å². The molecule has 4 aliphatic carbocycles. The molecule has 0 spiro atoms. The van der Waals surface area contributed by atoms with E-state index in [0.717, 1.165) is 34.1 Å². The van der Waals surface area contributed by atoms with Crippen LogP contribution in [0.3, 0.4) is 0 Å². The number of anilines is 6. The van der Waals surface area contributed by atoms with Crippen LogP contribution in [0.25, 0.3) is 89.0 Å². The molecule has 0 bridgehead atoms. The SMILES string of the molecule is CC(C)(C)c1ccc2c(c1)C(C)(C)c1cc(-c3cc(N(c4ccccc4)c4ccccc4)cc(-c4ccc5c(c4)C(C)(C)c4cc(C(C)(C)C)ccc4-5)c3C(C)(C)C)ccc1-2.Cc1ccc(N(c2ccccc2)c2cc(-c3ccc4c(c3)C(C)(C)c3cc(C(C)(C)C)ccc3-4)cc(-c3ccc4c(c3)C(C)(C)c3cc(C(C)(C)C)ccc3-4)c2)cc1. The number of fused-ring (bicyclic) bond motifs is 12. The zero-order valence-electron chi connectivity index (χ0n) is 75.1. The van der Waals surface area contributed by atoms with Gasteiger partial charge in [-0.05, 0) is 298 Å². The van der Waals surface area contributed by atoms with Crippen LogP contribution in [0, 0.1) is 6.92 Å². The Balaban J connectivity index is 0.000000170. The third-order valence-corrected chi connectivity index (χ3v) is 27.1. The molecule has 2 heteroatoms. The van der Waals surface area contributed by atoms with Crippen LogP contribution in [-0.2, 0) is 48.7 Å². The first kappa shape index (κ1) is 80.1. The van der Waals surface area contributed by atoms with Gasteiger partial charge in [-0.25, -0.2) is 0 Å². The van der Waals surface area contributed by atoms with Gasteiger partial charge < -0.3 is 9.80 Å². The maximum atomic E-state index is 2.52. The first-order valence-corrected chi connectivity index (χ1v) is 43.4. The molecule has 4 aliphatic rings. The Morgan fingerprint density at radius 2 is 0.420 bits per heavy atom. The molecule has 0 heterocycles. The molecule has 0 N–H and O–H groups in total. The van der Waals surface area contributed by atoms with Crippen molar-refractivity contribution in [1.29, 1.82) is 0 Å². The fraction of sp³-hybridized carbons (Fsp3) is 0.282. The molecule has 598 valence electrons. The lowest BCUT2D eigenvalue weighted by Gasteiger charge is -2.32. The van der Waals surface area contributed by atoms with E-state index in [-0.39, 0.29) is 48.7 Å². The van der Waals surface area contributed by atoms with Gasteiger partial charge in [-0.15, -0.1) is 0 Å². The third kappa shape index (κ3) is 14.0. The lowest BCUT2D eigenvalue weighted by molar-refractivity contribution is 0.584. The van der Waals surface area contributed by atoms with Crippen LogP contribution in [0.4, 0.5) is 34.1 Å². The number of hydrogen-bond acceptors (Lipinski definition) is 2.